The highest BCUT2D eigenvalue weighted by Crippen LogP contribution is 2.13. The average molecular weight is 139 g/mol. The quantitative estimate of drug-likeness (QED) is 0.552. The van der Waals surface area contributed by atoms with Crippen LogP contribution < -0.4 is 0 Å². The zero-order chi connectivity index (χ0) is 8.04. The lowest BCUT2D eigenvalue weighted by Crippen LogP contribution is -2.16. The van der Waals surface area contributed by atoms with Gasteiger partial charge in [-0.15, -0.1) is 0 Å². The van der Waals surface area contributed by atoms with Gasteiger partial charge in [0.15, 0.2) is 5.54 Å². The van der Waals surface area contributed by atoms with E-state index in [0.29, 0.717) is 13.0 Å². The van der Waals surface area contributed by atoms with Crippen LogP contribution in [0.1, 0.15) is 27.2 Å². The van der Waals surface area contributed by atoms with Crippen LogP contribution >= 0.6 is 0 Å². The van der Waals surface area contributed by atoms with E-state index in [-0.39, 0.29) is 0 Å². The molecule has 0 aliphatic heterocycles. The molecule has 3 nitrogen and oxygen atoms in total. The van der Waals surface area contributed by atoms with Crippen molar-refractivity contribution in [2.24, 2.45) is 10.2 Å². The summed E-state index contributed by atoms with van der Waals surface area (Å²) in [5, 5.41) is 16.3. The molecule has 0 amide bonds. The van der Waals surface area contributed by atoms with Gasteiger partial charge in [0.25, 0.3) is 0 Å². The summed E-state index contributed by atoms with van der Waals surface area (Å²) in [4.78, 5) is 0. The van der Waals surface area contributed by atoms with Crippen molar-refractivity contribution in [3.63, 3.8) is 0 Å². The molecule has 0 fully saturated rings. The maximum Gasteiger partial charge on any atom is 0.164 e. The fourth-order valence-electron chi connectivity index (χ4n) is 0.399. The van der Waals surface area contributed by atoms with E-state index >= 15 is 0 Å². The molecule has 0 N–H and O–H groups in total. The minimum Gasteiger partial charge on any atom is -0.196 e. The van der Waals surface area contributed by atoms with E-state index in [2.05, 4.69) is 16.3 Å². The van der Waals surface area contributed by atoms with Crippen molar-refractivity contribution >= 4 is 0 Å². The summed E-state index contributed by atoms with van der Waals surface area (Å²) in [5.41, 5.74) is -0.601. The van der Waals surface area contributed by atoms with Crippen LogP contribution in [0.5, 0.6) is 0 Å². The van der Waals surface area contributed by atoms with Crippen LogP contribution in [0, 0.1) is 11.3 Å². The second kappa shape index (κ2) is 3.99. The van der Waals surface area contributed by atoms with E-state index in [1.54, 1.807) is 6.92 Å². The molecule has 0 spiro atoms. The third-order valence-corrected chi connectivity index (χ3v) is 1.36. The fourth-order valence-corrected chi connectivity index (χ4v) is 0.399. The van der Waals surface area contributed by atoms with Gasteiger partial charge >= 0.3 is 0 Å². The van der Waals surface area contributed by atoms with E-state index in [4.69, 9.17) is 5.26 Å². The molecule has 56 valence electrons. The Kier molecular flexibility index (Phi) is 3.63. The predicted octanol–water partition coefficient (Wildman–Crippen LogP) is 2.15. The summed E-state index contributed by atoms with van der Waals surface area (Å²) in [7, 11) is 0. The van der Waals surface area contributed by atoms with Gasteiger partial charge in [-0.1, -0.05) is 6.92 Å². The Balaban J connectivity index is 4.09. The molecule has 0 radical (unpaired) electrons. The van der Waals surface area contributed by atoms with Crippen LogP contribution in [0.3, 0.4) is 0 Å². The van der Waals surface area contributed by atoms with Gasteiger partial charge in [-0.25, -0.2) is 0 Å². The van der Waals surface area contributed by atoms with Crippen molar-refractivity contribution in [2.75, 3.05) is 6.54 Å². The molecule has 0 bridgehead atoms. The minimum absolute atomic E-state index is 0.601. The summed E-state index contributed by atoms with van der Waals surface area (Å²) in [6, 6.07) is 2.10. The van der Waals surface area contributed by atoms with Crippen LogP contribution in [0.15, 0.2) is 10.2 Å². The molecule has 0 rings (SSSR count). The van der Waals surface area contributed by atoms with Gasteiger partial charge in [0.1, 0.15) is 0 Å². The normalized spacial score (nSPS) is 16.6. The van der Waals surface area contributed by atoms with Gasteiger partial charge in [-0.2, -0.15) is 15.5 Å². The van der Waals surface area contributed by atoms with Crippen LogP contribution in [0.4, 0.5) is 0 Å². The molecular formula is C7H13N3. The van der Waals surface area contributed by atoms with Crippen LogP contribution in [-0.2, 0) is 0 Å². The van der Waals surface area contributed by atoms with Gasteiger partial charge < -0.3 is 0 Å². The van der Waals surface area contributed by atoms with E-state index in [9.17, 15) is 0 Å². The molecule has 3 heteroatoms. The zero-order valence-corrected chi connectivity index (χ0v) is 6.76. The first-order chi connectivity index (χ1) is 4.68. The van der Waals surface area contributed by atoms with Crippen molar-refractivity contribution in [1.29, 1.82) is 5.26 Å². The average Bonchev–Trinajstić information content (AvgIpc) is 2.00. The molecule has 1 atom stereocenters. The Bertz CT molecular complexity index is 157. The standard InChI is InChI=1S/C7H13N3/c1-4-7(3,6-8)10-9-5-2/h4-5H2,1-3H3. The molecule has 0 aliphatic carbocycles. The second-order valence-electron chi connectivity index (χ2n) is 2.30. The summed E-state index contributed by atoms with van der Waals surface area (Å²) < 4.78 is 0. The number of nitrogens with zero attached hydrogens (tertiary/aromatic N) is 3. The topological polar surface area (TPSA) is 48.5 Å². The summed E-state index contributed by atoms with van der Waals surface area (Å²) >= 11 is 0. The number of azo groups is 1. The number of hydrogen-bond donors (Lipinski definition) is 0. The first kappa shape index (κ1) is 9.09. The van der Waals surface area contributed by atoms with Crippen molar-refractivity contribution in [3.05, 3.63) is 0 Å². The van der Waals surface area contributed by atoms with E-state index in [1.807, 2.05) is 13.8 Å². The lowest BCUT2D eigenvalue weighted by molar-refractivity contribution is 0.542. The van der Waals surface area contributed by atoms with Crippen LogP contribution in [-0.4, -0.2) is 12.1 Å². The molecule has 0 saturated carbocycles. The third-order valence-electron chi connectivity index (χ3n) is 1.36. The SMILES string of the molecule is CCN=NC(C)(C#N)CC. The smallest absolute Gasteiger partial charge is 0.164 e. The monoisotopic (exact) mass is 139 g/mol. The third kappa shape index (κ3) is 2.58. The molecule has 0 saturated heterocycles. The van der Waals surface area contributed by atoms with Gasteiger partial charge in [0.2, 0.25) is 0 Å². The Hall–Kier alpha value is -0.910. The van der Waals surface area contributed by atoms with E-state index < -0.39 is 5.54 Å². The summed E-state index contributed by atoms with van der Waals surface area (Å²) in [5.74, 6) is 0. The Morgan fingerprint density at radius 2 is 2.10 bits per heavy atom. The molecule has 0 aromatic rings. The molecule has 0 aromatic heterocycles. The highest BCUT2D eigenvalue weighted by molar-refractivity contribution is 5.01. The largest absolute Gasteiger partial charge is 0.196 e. The first-order valence-corrected chi connectivity index (χ1v) is 3.48. The number of nitriles is 1. The Labute approximate surface area is 61.8 Å². The minimum atomic E-state index is -0.601. The molecule has 10 heavy (non-hydrogen) atoms. The van der Waals surface area contributed by atoms with E-state index in [0.717, 1.165) is 0 Å². The highest BCUT2D eigenvalue weighted by atomic mass is 15.1. The Morgan fingerprint density at radius 3 is 2.40 bits per heavy atom. The Morgan fingerprint density at radius 1 is 1.50 bits per heavy atom. The van der Waals surface area contributed by atoms with Crippen LogP contribution in [0.25, 0.3) is 0 Å². The summed E-state index contributed by atoms with van der Waals surface area (Å²) in [6.07, 6.45) is 0.715. The van der Waals surface area contributed by atoms with Gasteiger partial charge in [-0.05, 0) is 20.3 Å². The number of rotatable bonds is 3. The molecule has 1 unspecified atom stereocenters. The predicted molar refractivity (Wildman–Crippen MR) is 39.7 cm³/mol. The van der Waals surface area contributed by atoms with Crippen molar-refractivity contribution in [2.45, 2.75) is 32.7 Å². The van der Waals surface area contributed by atoms with Crippen molar-refractivity contribution in [1.82, 2.24) is 0 Å². The first-order valence-electron chi connectivity index (χ1n) is 3.48. The lowest BCUT2D eigenvalue weighted by atomic mass is 10.0. The van der Waals surface area contributed by atoms with Gasteiger partial charge in [0.05, 0.1) is 12.6 Å². The highest BCUT2D eigenvalue weighted by Gasteiger charge is 2.19. The molecule has 0 heterocycles. The van der Waals surface area contributed by atoms with Crippen molar-refractivity contribution < 1.29 is 0 Å². The fraction of sp³-hybridized carbons (Fsp3) is 0.857. The van der Waals surface area contributed by atoms with E-state index in [1.165, 1.54) is 0 Å². The maximum atomic E-state index is 8.61. The van der Waals surface area contributed by atoms with Gasteiger partial charge in [-0.3, -0.25) is 0 Å². The zero-order valence-electron chi connectivity index (χ0n) is 6.76. The number of hydrogen-bond acceptors (Lipinski definition) is 3. The molecular weight excluding hydrogens is 126 g/mol. The van der Waals surface area contributed by atoms with Gasteiger partial charge in [0, 0.05) is 0 Å². The van der Waals surface area contributed by atoms with Crippen molar-refractivity contribution in [3.8, 4) is 6.07 Å². The second-order valence-corrected chi connectivity index (χ2v) is 2.30. The molecule has 0 aliphatic rings. The molecule has 0 aromatic carbocycles. The van der Waals surface area contributed by atoms with Crippen LogP contribution in [0.2, 0.25) is 0 Å². The maximum absolute atomic E-state index is 8.61. The summed E-state index contributed by atoms with van der Waals surface area (Å²) in [6.45, 7) is 6.26. The lowest BCUT2D eigenvalue weighted by Gasteiger charge is -2.09.